The molecule has 0 rings (SSSR count). The summed E-state index contributed by atoms with van der Waals surface area (Å²) in [6.45, 7) is 4.93. The number of esters is 3. The summed E-state index contributed by atoms with van der Waals surface area (Å²) in [4.78, 5) is 54.8. The quantitative estimate of drug-likeness (QED) is 0.100. The van der Waals surface area contributed by atoms with Gasteiger partial charge in [-0.2, -0.15) is 0 Å². The van der Waals surface area contributed by atoms with E-state index in [1.54, 1.807) is 11.9 Å². The van der Waals surface area contributed by atoms with E-state index in [0.29, 0.717) is 39.0 Å². The first-order valence-electron chi connectivity index (χ1n) is 10.1. The average molecular weight is 540 g/mol. The van der Waals surface area contributed by atoms with Crippen LogP contribution in [0.25, 0.3) is 0 Å². The second kappa shape index (κ2) is 36.1. The Morgan fingerprint density at radius 2 is 0.972 bits per heavy atom. The van der Waals surface area contributed by atoms with Crippen LogP contribution in [0.2, 0.25) is 0 Å². The first kappa shape index (κ1) is 48.1. The summed E-state index contributed by atoms with van der Waals surface area (Å²) in [5.41, 5.74) is 4.50. The summed E-state index contributed by atoms with van der Waals surface area (Å²) in [6.07, 6.45) is 1.63. The molecule has 13 nitrogen and oxygen atoms in total. The van der Waals surface area contributed by atoms with Crippen LogP contribution in [0, 0.1) is 0 Å². The summed E-state index contributed by atoms with van der Waals surface area (Å²) in [7, 11) is 9.01. The molecule has 0 bridgehead atoms. The third-order valence-corrected chi connectivity index (χ3v) is 3.61. The predicted octanol–water partition coefficient (Wildman–Crippen LogP) is -8.83. The number of nitrogens with two attached hydrogens (primary N) is 1. The molecule has 36 heavy (non-hydrogen) atoms. The molecule has 0 aromatic rings. The van der Waals surface area contributed by atoms with E-state index < -0.39 is 17.9 Å². The van der Waals surface area contributed by atoms with Gasteiger partial charge in [-0.3, -0.25) is 9.59 Å². The Bertz CT molecular complexity index is 558. The van der Waals surface area contributed by atoms with Gasteiger partial charge in [-0.05, 0) is 34.0 Å². The second-order valence-electron chi connectivity index (χ2n) is 6.23. The van der Waals surface area contributed by atoms with Crippen LogP contribution in [0.1, 0.15) is 25.7 Å². The second-order valence-corrected chi connectivity index (χ2v) is 6.23. The molecule has 0 amide bonds. The molecule has 0 atom stereocenters. The van der Waals surface area contributed by atoms with E-state index in [2.05, 4.69) is 26.5 Å². The molecular formula is C21H39N3Na2O10. The van der Waals surface area contributed by atoms with E-state index in [0.717, 1.165) is 6.08 Å². The number of carbonyl (C=O) groups is 5. The summed E-state index contributed by atoms with van der Waals surface area (Å²) in [6, 6.07) is 0. The number of hydrogen-bond acceptors (Lipinski definition) is 13. The minimum atomic E-state index is -1.13. The number of ether oxygens (including phenoxy) is 3. The molecule has 0 aromatic heterocycles. The number of nitrogens with zero attached hydrogens (tertiary/aromatic N) is 2. The molecule has 0 heterocycles. The van der Waals surface area contributed by atoms with Crippen LogP contribution < -0.4 is 75.1 Å². The van der Waals surface area contributed by atoms with Crippen LogP contribution in [0.15, 0.2) is 12.7 Å². The minimum absolute atomic E-state index is 0. The molecule has 0 radical (unpaired) electrons. The van der Waals surface area contributed by atoms with Crippen molar-refractivity contribution in [2.75, 3.05) is 68.7 Å². The zero-order valence-corrected chi connectivity index (χ0v) is 27.0. The van der Waals surface area contributed by atoms with Gasteiger partial charge in [0.15, 0.2) is 0 Å². The largest absolute Gasteiger partial charge is 1.00 e. The maximum atomic E-state index is 10.8. The number of rotatable bonds is 13. The molecule has 0 fully saturated rings. The minimum Gasteiger partial charge on any atom is -0.550 e. The molecule has 0 saturated carbocycles. The molecule has 0 aliphatic rings. The number of carboxylic acid groups (broad SMARTS) is 2. The predicted molar refractivity (Wildman–Crippen MR) is 120 cm³/mol. The molecular weight excluding hydrogens is 500 g/mol. The Kier molecular flexibility index (Phi) is 48.3. The van der Waals surface area contributed by atoms with Gasteiger partial charge in [0.05, 0.1) is 34.2 Å². The van der Waals surface area contributed by atoms with Crippen LogP contribution in [0.5, 0.6) is 0 Å². The Hall–Kier alpha value is -1.03. The normalized spacial score (nSPS) is 8.58. The van der Waals surface area contributed by atoms with Gasteiger partial charge in [0.1, 0.15) is 0 Å². The number of aliphatic carboxylic acids is 2. The molecule has 0 aromatic carbocycles. The van der Waals surface area contributed by atoms with Gasteiger partial charge in [0.2, 0.25) is 0 Å². The van der Waals surface area contributed by atoms with Gasteiger partial charge in [-0.25, -0.2) is 4.79 Å². The Balaban J connectivity index is -0.0000000934. The van der Waals surface area contributed by atoms with Crippen molar-refractivity contribution in [2.45, 2.75) is 25.7 Å². The Morgan fingerprint density at radius 3 is 1.14 bits per heavy atom. The fraction of sp³-hybridized carbons (Fsp3) is 0.667. The van der Waals surface area contributed by atoms with Crippen LogP contribution >= 0.6 is 0 Å². The van der Waals surface area contributed by atoms with Gasteiger partial charge in [0, 0.05) is 44.2 Å². The van der Waals surface area contributed by atoms with Crippen molar-refractivity contribution in [2.24, 2.45) is 5.73 Å². The van der Waals surface area contributed by atoms with Crippen LogP contribution in [0.3, 0.4) is 0 Å². The third kappa shape index (κ3) is 46.3. The summed E-state index contributed by atoms with van der Waals surface area (Å²) < 4.78 is 13.1. The van der Waals surface area contributed by atoms with E-state index >= 15 is 0 Å². The third-order valence-electron chi connectivity index (χ3n) is 3.61. The van der Waals surface area contributed by atoms with Crippen molar-refractivity contribution in [3.05, 3.63) is 12.7 Å². The Labute approximate surface area is 258 Å². The fourth-order valence-corrected chi connectivity index (χ4v) is 1.64. The number of methoxy groups -OCH3 is 3. The van der Waals surface area contributed by atoms with Gasteiger partial charge in [-0.15, -0.1) is 0 Å². The van der Waals surface area contributed by atoms with E-state index in [1.165, 1.54) is 28.4 Å². The van der Waals surface area contributed by atoms with Gasteiger partial charge in [-0.1, -0.05) is 6.58 Å². The van der Waals surface area contributed by atoms with E-state index in [9.17, 15) is 34.2 Å². The van der Waals surface area contributed by atoms with Crippen molar-refractivity contribution >= 4 is 29.8 Å². The van der Waals surface area contributed by atoms with Crippen molar-refractivity contribution in [1.29, 1.82) is 0 Å². The number of carbonyl (C=O) groups excluding carboxylic acids is 5. The van der Waals surface area contributed by atoms with Gasteiger partial charge >= 0.3 is 77.0 Å². The van der Waals surface area contributed by atoms with Gasteiger partial charge < -0.3 is 49.5 Å². The van der Waals surface area contributed by atoms with E-state index in [1.807, 2.05) is 11.9 Å². The zero-order valence-electron chi connectivity index (χ0n) is 23.0. The van der Waals surface area contributed by atoms with Crippen molar-refractivity contribution in [3.8, 4) is 0 Å². The summed E-state index contributed by atoms with van der Waals surface area (Å²) in [5, 5.41) is 20.0. The van der Waals surface area contributed by atoms with Crippen molar-refractivity contribution < 1.29 is 108 Å². The number of hydrogen-bond donors (Lipinski definition) is 1. The molecule has 2 N–H and O–H groups in total. The zero-order chi connectivity index (χ0) is 27.5. The van der Waals surface area contributed by atoms with Crippen molar-refractivity contribution in [1.82, 2.24) is 9.80 Å². The molecule has 0 aliphatic carbocycles. The fourth-order valence-electron chi connectivity index (χ4n) is 1.64. The molecule has 0 saturated heterocycles. The average Bonchev–Trinajstić information content (AvgIpc) is 2.84. The smallest absolute Gasteiger partial charge is 0.550 e. The number of carboxylic acids is 2. The molecule has 200 valence electrons. The van der Waals surface area contributed by atoms with E-state index in [4.69, 9.17) is 0 Å². The maximum Gasteiger partial charge on any atom is 1.00 e. The van der Waals surface area contributed by atoms with Crippen LogP contribution in [-0.2, 0) is 38.2 Å². The van der Waals surface area contributed by atoms with Crippen LogP contribution in [0.4, 0.5) is 0 Å². The first-order valence-corrected chi connectivity index (χ1v) is 10.1. The summed E-state index contributed by atoms with van der Waals surface area (Å²) >= 11 is 0. The molecule has 0 unspecified atom stereocenters. The first-order chi connectivity index (χ1) is 15.9. The SMILES string of the molecule is C=CC(=O)OC.CN.CN(CCC(=O)[O-])CCC(=O)[O-].COC(=O)CCN(C)CCC(=O)OC.[Na+].[Na+]. The molecule has 0 spiro atoms. The van der Waals surface area contributed by atoms with Crippen LogP contribution in [-0.4, -0.2) is 108 Å². The summed E-state index contributed by atoms with van der Waals surface area (Å²) in [5.74, 6) is -3.13. The van der Waals surface area contributed by atoms with Gasteiger partial charge in [0.25, 0.3) is 0 Å². The monoisotopic (exact) mass is 539 g/mol. The maximum absolute atomic E-state index is 10.8. The van der Waals surface area contributed by atoms with Crippen molar-refractivity contribution in [3.63, 3.8) is 0 Å². The van der Waals surface area contributed by atoms with E-state index in [-0.39, 0.29) is 83.9 Å². The molecule has 0 aliphatic heterocycles. The standard InChI is InChI=1S/C9H17NO4.C7H13NO4.C4H6O2.CH5N.2Na/c1-10(6-4-8(11)13-2)7-5-9(12)14-3;1-8(4-2-6(9)10)5-3-7(11)12;1-3-4(5)6-2;1-2;;/h4-7H2,1-3H3;2-5H2,1H3,(H,9,10)(H,11,12);3H,1H2,2H3;2H2,1H3;;/q;;;;2*+1/p-2. The Morgan fingerprint density at radius 1 is 0.694 bits per heavy atom. The topological polar surface area (TPSA) is 192 Å². The molecule has 15 heteroatoms.